The van der Waals surface area contributed by atoms with Crippen molar-refractivity contribution in [1.29, 1.82) is 0 Å². The number of carbonyl (C=O) groups is 1. The molecule has 3 atom stereocenters. The minimum Gasteiger partial charge on any atom is -0.494 e. The van der Waals surface area contributed by atoms with E-state index < -0.39 is 6.09 Å². The largest absolute Gasteiger partial charge is 0.494 e. The SMILES string of the molecule is CCCCCCCCCCCCCCCOCC(C)OCC(CCCC)OCC(CCCC)OC(=O)NCC1=COCC=N1. The Kier molecular flexibility index (Phi) is 27.6. The zero-order chi connectivity index (χ0) is 31.9. The van der Waals surface area contributed by atoms with Gasteiger partial charge >= 0.3 is 6.09 Å². The number of amides is 1. The molecule has 0 saturated heterocycles. The first kappa shape index (κ1) is 40.4. The third kappa shape index (κ3) is 24.7. The highest BCUT2D eigenvalue weighted by Gasteiger charge is 2.19. The molecule has 1 rings (SSSR count). The normalized spacial score (nSPS) is 15.0. The van der Waals surface area contributed by atoms with Crippen molar-refractivity contribution in [2.75, 3.05) is 39.6 Å². The van der Waals surface area contributed by atoms with E-state index in [0.717, 1.165) is 51.6 Å². The van der Waals surface area contributed by atoms with Gasteiger partial charge in [0, 0.05) is 12.8 Å². The molecule has 8 nitrogen and oxygen atoms in total. The third-order valence-electron chi connectivity index (χ3n) is 7.92. The zero-order valence-corrected chi connectivity index (χ0v) is 29.0. The first-order valence-electron chi connectivity index (χ1n) is 18.2. The van der Waals surface area contributed by atoms with Gasteiger partial charge in [0.15, 0.2) is 0 Å². The molecule has 1 heterocycles. The topological polar surface area (TPSA) is 87.6 Å². The number of hydrogen-bond donors (Lipinski definition) is 1. The van der Waals surface area contributed by atoms with Gasteiger partial charge in [-0.3, -0.25) is 4.99 Å². The maximum atomic E-state index is 12.4. The van der Waals surface area contributed by atoms with Crippen LogP contribution in [-0.4, -0.2) is 70.2 Å². The van der Waals surface area contributed by atoms with E-state index in [1.807, 2.05) is 0 Å². The van der Waals surface area contributed by atoms with Crippen LogP contribution in [0.3, 0.4) is 0 Å². The lowest BCUT2D eigenvalue weighted by Gasteiger charge is -2.24. The molecule has 0 aliphatic carbocycles. The molecule has 3 unspecified atom stereocenters. The molecule has 1 aliphatic rings. The van der Waals surface area contributed by atoms with Crippen molar-refractivity contribution in [3.63, 3.8) is 0 Å². The second kappa shape index (κ2) is 30.0. The van der Waals surface area contributed by atoms with Crippen LogP contribution in [0.2, 0.25) is 0 Å². The second-order valence-electron chi connectivity index (χ2n) is 12.3. The average Bonchev–Trinajstić information content (AvgIpc) is 3.04. The van der Waals surface area contributed by atoms with Gasteiger partial charge in [-0.05, 0) is 32.6 Å². The molecule has 1 amide bonds. The highest BCUT2D eigenvalue weighted by atomic mass is 16.6. The molecule has 0 fully saturated rings. The van der Waals surface area contributed by atoms with Crippen LogP contribution in [0.25, 0.3) is 0 Å². The van der Waals surface area contributed by atoms with Crippen molar-refractivity contribution < 1.29 is 28.5 Å². The average molecular weight is 625 g/mol. The van der Waals surface area contributed by atoms with E-state index in [2.05, 4.69) is 38.0 Å². The summed E-state index contributed by atoms with van der Waals surface area (Å²) in [5.74, 6) is 0. The Labute approximate surface area is 270 Å². The molecule has 8 heteroatoms. The van der Waals surface area contributed by atoms with Crippen LogP contribution in [-0.2, 0) is 23.7 Å². The molecular formula is C36H68N2O6. The van der Waals surface area contributed by atoms with E-state index in [9.17, 15) is 4.79 Å². The number of nitrogens with zero attached hydrogens (tertiary/aromatic N) is 1. The van der Waals surface area contributed by atoms with Crippen LogP contribution in [0.4, 0.5) is 4.79 Å². The molecule has 0 spiro atoms. The number of carbonyl (C=O) groups excluding carboxylic acids is 1. The standard InChI is InChI=1S/C36H68N2O6/c1-5-8-11-12-13-14-15-16-17-18-19-20-21-25-40-28-32(4)42-30-34(22-9-6-2)43-31-35(23-10-7-3)44-36(39)38-27-33-29-41-26-24-37-33/h24,29,32,34-35H,5-23,25-28,30-31H2,1-4H3,(H,38,39). The highest BCUT2D eigenvalue weighted by molar-refractivity contribution is 5.68. The van der Waals surface area contributed by atoms with Gasteiger partial charge in [0.25, 0.3) is 0 Å². The number of hydrogen-bond acceptors (Lipinski definition) is 7. The molecule has 0 bridgehead atoms. The Morgan fingerprint density at radius 3 is 1.93 bits per heavy atom. The Balaban J connectivity index is 2.18. The summed E-state index contributed by atoms with van der Waals surface area (Å²) in [5.41, 5.74) is 0.661. The molecule has 44 heavy (non-hydrogen) atoms. The number of unbranched alkanes of at least 4 members (excludes halogenated alkanes) is 14. The first-order chi connectivity index (χ1) is 21.6. The van der Waals surface area contributed by atoms with Crippen molar-refractivity contribution in [1.82, 2.24) is 5.32 Å². The van der Waals surface area contributed by atoms with Crippen LogP contribution in [0.5, 0.6) is 0 Å². The predicted molar refractivity (Wildman–Crippen MR) is 182 cm³/mol. The number of rotatable bonds is 31. The summed E-state index contributed by atoms with van der Waals surface area (Å²) in [7, 11) is 0. The third-order valence-corrected chi connectivity index (χ3v) is 7.92. The van der Waals surface area contributed by atoms with E-state index in [1.165, 1.54) is 77.0 Å². The van der Waals surface area contributed by atoms with E-state index in [-0.39, 0.29) is 24.9 Å². The van der Waals surface area contributed by atoms with E-state index in [1.54, 1.807) is 12.5 Å². The first-order valence-corrected chi connectivity index (χ1v) is 18.2. The van der Waals surface area contributed by atoms with Crippen LogP contribution in [0.1, 0.15) is 150 Å². The molecular weight excluding hydrogens is 556 g/mol. The van der Waals surface area contributed by atoms with Crippen molar-refractivity contribution in [3.05, 3.63) is 12.0 Å². The van der Waals surface area contributed by atoms with Gasteiger partial charge in [-0.25, -0.2) is 4.79 Å². The Morgan fingerprint density at radius 2 is 1.34 bits per heavy atom. The summed E-state index contributed by atoms with van der Waals surface area (Å²) in [4.78, 5) is 16.6. The Bertz CT molecular complexity index is 717. The maximum absolute atomic E-state index is 12.4. The lowest BCUT2D eigenvalue weighted by atomic mass is 10.0. The fourth-order valence-corrected chi connectivity index (χ4v) is 5.10. The summed E-state index contributed by atoms with van der Waals surface area (Å²) in [6.45, 7) is 11.7. The van der Waals surface area contributed by atoms with Gasteiger partial charge in [-0.2, -0.15) is 0 Å². The molecule has 1 aliphatic heterocycles. The lowest BCUT2D eigenvalue weighted by Crippen LogP contribution is -2.34. The van der Waals surface area contributed by atoms with Crippen molar-refractivity contribution in [2.24, 2.45) is 4.99 Å². The van der Waals surface area contributed by atoms with Crippen LogP contribution in [0.15, 0.2) is 17.0 Å². The summed E-state index contributed by atoms with van der Waals surface area (Å²) >= 11 is 0. The summed E-state index contributed by atoms with van der Waals surface area (Å²) in [5, 5.41) is 2.76. The molecule has 0 aromatic heterocycles. The molecule has 1 N–H and O–H groups in total. The van der Waals surface area contributed by atoms with Crippen molar-refractivity contribution >= 4 is 12.3 Å². The highest BCUT2D eigenvalue weighted by Crippen LogP contribution is 2.14. The van der Waals surface area contributed by atoms with E-state index >= 15 is 0 Å². The Morgan fingerprint density at radius 1 is 0.773 bits per heavy atom. The number of nitrogens with one attached hydrogen (secondary N) is 1. The van der Waals surface area contributed by atoms with Crippen LogP contribution < -0.4 is 5.32 Å². The number of ether oxygens (including phenoxy) is 5. The van der Waals surface area contributed by atoms with Crippen molar-refractivity contribution in [2.45, 2.75) is 168 Å². The van der Waals surface area contributed by atoms with Gasteiger partial charge in [0.1, 0.15) is 19.0 Å². The minimum atomic E-state index is -0.466. The van der Waals surface area contributed by atoms with Gasteiger partial charge in [0.2, 0.25) is 0 Å². The van der Waals surface area contributed by atoms with Gasteiger partial charge in [-0.15, -0.1) is 0 Å². The summed E-state index contributed by atoms with van der Waals surface area (Å²) < 4.78 is 29.2. The predicted octanol–water partition coefficient (Wildman–Crippen LogP) is 9.30. The molecule has 0 saturated carbocycles. The zero-order valence-electron chi connectivity index (χ0n) is 29.0. The van der Waals surface area contributed by atoms with E-state index in [4.69, 9.17) is 23.7 Å². The smallest absolute Gasteiger partial charge is 0.407 e. The van der Waals surface area contributed by atoms with Gasteiger partial charge in [0.05, 0.1) is 44.3 Å². The number of alkyl carbamates (subject to hydrolysis) is 1. The molecule has 0 aromatic rings. The minimum absolute atomic E-state index is 0.0170. The maximum Gasteiger partial charge on any atom is 0.407 e. The molecule has 258 valence electrons. The fourth-order valence-electron chi connectivity index (χ4n) is 5.10. The van der Waals surface area contributed by atoms with Crippen LogP contribution in [0, 0.1) is 0 Å². The van der Waals surface area contributed by atoms with Gasteiger partial charge in [-0.1, -0.05) is 117 Å². The quantitative estimate of drug-likeness (QED) is 0.0774. The van der Waals surface area contributed by atoms with Crippen LogP contribution >= 0.6 is 0 Å². The summed E-state index contributed by atoms with van der Waals surface area (Å²) in [6.07, 6.45) is 25.9. The summed E-state index contributed by atoms with van der Waals surface area (Å²) in [6, 6.07) is 0. The fraction of sp³-hybridized carbons (Fsp3) is 0.889. The molecule has 0 radical (unpaired) electrons. The van der Waals surface area contributed by atoms with Crippen molar-refractivity contribution in [3.8, 4) is 0 Å². The second-order valence-corrected chi connectivity index (χ2v) is 12.3. The Hall–Kier alpha value is -1.64. The molecule has 0 aromatic carbocycles. The van der Waals surface area contributed by atoms with Gasteiger partial charge < -0.3 is 29.0 Å². The number of aliphatic imine (C=N–C) groups is 1. The monoisotopic (exact) mass is 625 g/mol. The van der Waals surface area contributed by atoms with E-state index in [0.29, 0.717) is 32.1 Å². The lowest BCUT2D eigenvalue weighted by molar-refractivity contribution is -0.0829.